The predicted molar refractivity (Wildman–Crippen MR) is 99.0 cm³/mol. The molecule has 2 aromatic carbocycles. The molecule has 0 saturated carbocycles. The number of nitrogens with zero attached hydrogens (tertiary/aromatic N) is 2. The summed E-state index contributed by atoms with van der Waals surface area (Å²) in [4.78, 5) is 6.69. The van der Waals surface area contributed by atoms with E-state index in [1.165, 1.54) is 17.7 Å². The fourth-order valence-electron chi connectivity index (χ4n) is 4.16. The molecule has 140 valence electrons. The minimum atomic E-state index is -1.32. The highest BCUT2D eigenvalue weighted by Gasteiger charge is 2.48. The highest BCUT2D eigenvalue weighted by molar-refractivity contribution is 5.77. The van der Waals surface area contributed by atoms with E-state index in [0.717, 1.165) is 24.1 Å². The van der Waals surface area contributed by atoms with Crippen LogP contribution in [0.25, 0.3) is 0 Å². The molecule has 5 rings (SSSR count). The van der Waals surface area contributed by atoms with Crippen LogP contribution in [0, 0.1) is 5.82 Å². The smallest absolute Gasteiger partial charge is 0.288 e. The molecular formula is C21H21F2N3O. The molecule has 0 aromatic heterocycles. The van der Waals surface area contributed by atoms with Crippen LogP contribution in [0.3, 0.4) is 0 Å². The molecule has 4 nitrogen and oxygen atoms in total. The van der Waals surface area contributed by atoms with Gasteiger partial charge in [-0.15, -0.1) is 0 Å². The van der Waals surface area contributed by atoms with E-state index in [1.54, 1.807) is 12.1 Å². The van der Waals surface area contributed by atoms with E-state index < -0.39 is 11.7 Å². The normalized spacial score (nSPS) is 26.0. The van der Waals surface area contributed by atoms with Crippen molar-refractivity contribution in [1.29, 1.82) is 0 Å². The monoisotopic (exact) mass is 369 g/mol. The summed E-state index contributed by atoms with van der Waals surface area (Å²) in [5, 5.41) is 2.98. The van der Waals surface area contributed by atoms with Crippen molar-refractivity contribution in [2.45, 2.75) is 24.2 Å². The molecule has 3 heterocycles. The van der Waals surface area contributed by atoms with Gasteiger partial charge < -0.3 is 15.0 Å². The Morgan fingerprint density at radius 3 is 2.63 bits per heavy atom. The first kappa shape index (κ1) is 16.7. The first-order chi connectivity index (χ1) is 13.1. The van der Waals surface area contributed by atoms with Crippen LogP contribution in [0.15, 0.2) is 53.5 Å². The van der Waals surface area contributed by atoms with Crippen LogP contribution in [0.2, 0.25) is 0 Å². The van der Waals surface area contributed by atoms with Gasteiger partial charge in [-0.05, 0) is 35.2 Å². The lowest BCUT2D eigenvalue weighted by Crippen LogP contribution is -2.62. The van der Waals surface area contributed by atoms with Crippen molar-refractivity contribution in [3.8, 4) is 0 Å². The molecule has 2 atom stereocenters. The Kier molecular flexibility index (Phi) is 3.90. The van der Waals surface area contributed by atoms with Gasteiger partial charge in [-0.1, -0.05) is 36.4 Å². The fourth-order valence-corrected chi connectivity index (χ4v) is 4.16. The third-order valence-electron chi connectivity index (χ3n) is 5.79. The predicted octanol–water partition coefficient (Wildman–Crippen LogP) is 2.84. The van der Waals surface area contributed by atoms with Crippen molar-refractivity contribution in [3.05, 3.63) is 71.0 Å². The summed E-state index contributed by atoms with van der Waals surface area (Å²) in [6, 6.07) is 14.7. The number of hydrogen-bond donors (Lipinski definition) is 1. The van der Waals surface area contributed by atoms with Crippen molar-refractivity contribution < 1.29 is 13.5 Å². The van der Waals surface area contributed by atoms with E-state index in [4.69, 9.17) is 4.74 Å². The van der Waals surface area contributed by atoms with E-state index in [0.29, 0.717) is 19.1 Å². The van der Waals surface area contributed by atoms with Gasteiger partial charge in [0.25, 0.3) is 6.02 Å². The van der Waals surface area contributed by atoms with Gasteiger partial charge in [0.2, 0.25) is 0 Å². The Morgan fingerprint density at radius 2 is 1.89 bits per heavy atom. The van der Waals surface area contributed by atoms with Crippen LogP contribution >= 0.6 is 0 Å². The van der Waals surface area contributed by atoms with Crippen molar-refractivity contribution in [1.82, 2.24) is 10.2 Å². The van der Waals surface area contributed by atoms with Crippen LogP contribution in [0.4, 0.5) is 8.78 Å². The molecule has 0 unspecified atom stereocenters. The molecule has 0 radical (unpaired) electrons. The summed E-state index contributed by atoms with van der Waals surface area (Å²) in [6.07, 6.45) is 0.864. The number of rotatable bonds is 2. The van der Waals surface area contributed by atoms with Crippen LogP contribution < -0.4 is 5.32 Å². The molecule has 1 fully saturated rings. The van der Waals surface area contributed by atoms with Crippen molar-refractivity contribution >= 4 is 6.02 Å². The average Bonchev–Trinajstić information content (AvgIpc) is 3.16. The number of ether oxygens (including phenoxy) is 1. The van der Waals surface area contributed by atoms with E-state index in [2.05, 4.69) is 27.3 Å². The topological polar surface area (TPSA) is 36.9 Å². The molecule has 6 heteroatoms. The summed E-state index contributed by atoms with van der Waals surface area (Å²) < 4.78 is 34.1. The molecule has 0 amide bonds. The van der Waals surface area contributed by atoms with Crippen molar-refractivity contribution in [2.75, 3.05) is 26.2 Å². The zero-order valence-corrected chi connectivity index (χ0v) is 14.9. The number of amidine groups is 1. The van der Waals surface area contributed by atoms with Gasteiger partial charge in [-0.25, -0.2) is 13.8 Å². The Bertz CT molecular complexity index is 879. The van der Waals surface area contributed by atoms with Crippen LogP contribution in [-0.2, 0) is 11.2 Å². The molecule has 0 aliphatic carbocycles. The van der Waals surface area contributed by atoms with Crippen molar-refractivity contribution in [2.24, 2.45) is 4.99 Å². The second kappa shape index (κ2) is 6.30. The SMILES string of the molecule is Fc1ccc([C@H]2c3ccccc3CCN2C2=N[C@@H](C3(F)CNC3)CO2)cc1. The molecule has 3 aliphatic rings. The number of hydrogen-bond acceptors (Lipinski definition) is 4. The van der Waals surface area contributed by atoms with E-state index in [-0.39, 0.29) is 18.5 Å². The number of fused-ring (bicyclic) bond motifs is 1. The lowest BCUT2D eigenvalue weighted by Gasteiger charge is -2.38. The summed E-state index contributed by atoms with van der Waals surface area (Å²) in [7, 11) is 0. The number of halogens is 2. The Balaban J connectivity index is 1.53. The highest BCUT2D eigenvalue weighted by atomic mass is 19.1. The Labute approximate surface area is 156 Å². The standard InChI is InChI=1S/C21H21F2N3O/c22-16-7-5-15(6-8-16)19-17-4-2-1-3-14(17)9-10-26(19)20-25-18(11-27-20)21(23)12-24-13-21/h1-8,18-19,24H,9-13H2/t18-,19+/m1/s1. The van der Waals surface area contributed by atoms with Gasteiger partial charge in [-0.2, -0.15) is 0 Å². The molecule has 0 spiro atoms. The van der Waals surface area contributed by atoms with Crippen LogP contribution in [0.5, 0.6) is 0 Å². The van der Waals surface area contributed by atoms with Gasteiger partial charge in [0.1, 0.15) is 18.5 Å². The van der Waals surface area contributed by atoms with Crippen molar-refractivity contribution in [3.63, 3.8) is 0 Å². The van der Waals surface area contributed by atoms with E-state index >= 15 is 0 Å². The molecular weight excluding hydrogens is 348 g/mol. The van der Waals surface area contributed by atoms with Gasteiger partial charge in [0.15, 0.2) is 5.67 Å². The lowest BCUT2D eigenvalue weighted by atomic mass is 9.88. The highest BCUT2D eigenvalue weighted by Crippen LogP contribution is 2.37. The third kappa shape index (κ3) is 2.79. The summed E-state index contributed by atoms with van der Waals surface area (Å²) in [5.74, 6) is -0.263. The molecule has 0 bridgehead atoms. The zero-order chi connectivity index (χ0) is 18.4. The number of alkyl halides is 1. The van der Waals surface area contributed by atoms with Crippen LogP contribution in [-0.4, -0.2) is 48.9 Å². The molecule has 3 aliphatic heterocycles. The zero-order valence-electron chi connectivity index (χ0n) is 14.9. The molecule has 1 saturated heterocycles. The largest absolute Gasteiger partial charge is 0.463 e. The number of aliphatic imine (C=N–C) groups is 1. The number of benzene rings is 2. The fraction of sp³-hybridized carbons (Fsp3) is 0.381. The maximum Gasteiger partial charge on any atom is 0.288 e. The minimum absolute atomic E-state index is 0.122. The summed E-state index contributed by atoms with van der Waals surface area (Å²) in [6.45, 7) is 1.63. The Morgan fingerprint density at radius 1 is 1.11 bits per heavy atom. The Hall–Kier alpha value is -2.47. The summed E-state index contributed by atoms with van der Waals surface area (Å²) >= 11 is 0. The van der Waals surface area contributed by atoms with Gasteiger partial charge >= 0.3 is 0 Å². The summed E-state index contributed by atoms with van der Waals surface area (Å²) in [5.41, 5.74) is 2.08. The third-order valence-corrected chi connectivity index (χ3v) is 5.79. The second-order valence-corrected chi connectivity index (χ2v) is 7.47. The average molecular weight is 369 g/mol. The van der Waals surface area contributed by atoms with Gasteiger partial charge in [-0.3, -0.25) is 0 Å². The number of nitrogens with one attached hydrogen (secondary N) is 1. The van der Waals surface area contributed by atoms with E-state index in [9.17, 15) is 8.78 Å². The molecule has 2 aromatic rings. The first-order valence-electron chi connectivity index (χ1n) is 9.34. The molecule has 27 heavy (non-hydrogen) atoms. The lowest BCUT2D eigenvalue weighted by molar-refractivity contribution is 0.0498. The van der Waals surface area contributed by atoms with Gasteiger partial charge in [0.05, 0.1) is 6.04 Å². The first-order valence-corrected chi connectivity index (χ1v) is 9.34. The quantitative estimate of drug-likeness (QED) is 0.885. The van der Waals surface area contributed by atoms with E-state index in [1.807, 2.05) is 12.1 Å². The maximum atomic E-state index is 14.7. The molecule has 1 N–H and O–H groups in total. The van der Waals surface area contributed by atoms with Gasteiger partial charge in [0, 0.05) is 19.6 Å². The minimum Gasteiger partial charge on any atom is -0.463 e. The second-order valence-electron chi connectivity index (χ2n) is 7.47. The van der Waals surface area contributed by atoms with Crippen LogP contribution in [0.1, 0.15) is 22.7 Å². The maximum absolute atomic E-state index is 14.7.